The van der Waals surface area contributed by atoms with Gasteiger partial charge in [-0.15, -0.1) is 0 Å². The van der Waals surface area contributed by atoms with E-state index < -0.39 is 0 Å². The predicted octanol–water partition coefficient (Wildman–Crippen LogP) is 2.40. The van der Waals surface area contributed by atoms with Crippen LogP contribution in [0, 0.1) is 0 Å². The summed E-state index contributed by atoms with van der Waals surface area (Å²) >= 11 is 0. The topological polar surface area (TPSA) is 68.8 Å². The molecule has 1 heterocycles. The van der Waals surface area contributed by atoms with Crippen molar-refractivity contribution in [3.63, 3.8) is 0 Å². The molecular formula is C16H24N2O4. The normalized spacial score (nSPS) is 17.2. The summed E-state index contributed by atoms with van der Waals surface area (Å²) in [5, 5.41) is 5.56. The number of ether oxygens (including phenoxy) is 3. The van der Waals surface area contributed by atoms with Crippen LogP contribution in [-0.2, 0) is 9.47 Å². The molecular weight excluding hydrogens is 284 g/mol. The minimum Gasteiger partial charge on any atom is -0.495 e. The smallest absolute Gasteiger partial charge is 0.319 e. The fraction of sp³-hybridized carbons (Fsp3) is 0.562. The average Bonchev–Trinajstić information content (AvgIpc) is 3.04. The summed E-state index contributed by atoms with van der Waals surface area (Å²) < 4.78 is 16.2. The molecule has 0 radical (unpaired) electrons. The molecule has 6 nitrogen and oxygen atoms in total. The van der Waals surface area contributed by atoms with E-state index in [9.17, 15) is 4.79 Å². The van der Waals surface area contributed by atoms with Crippen molar-refractivity contribution in [2.45, 2.75) is 25.4 Å². The SMILES string of the molecule is COc1ccccc1NC(=O)NCCCOC[C@@H]1CCCO1. The Morgan fingerprint density at radius 1 is 1.41 bits per heavy atom. The van der Waals surface area contributed by atoms with Gasteiger partial charge in [-0.25, -0.2) is 4.79 Å². The van der Waals surface area contributed by atoms with Crippen molar-refractivity contribution >= 4 is 11.7 Å². The van der Waals surface area contributed by atoms with Gasteiger partial charge in [0.15, 0.2) is 0 Å². The van der Waals surface area contributed by atoms with Gasteiger partial charge in [-0.1, -0.05) is 12.1 Å². The van der Waals surface area contributed by atoms with Gasteiger partial charge in [0.2, 0.25) is 0 Å². The highest BCUT2D eigenvalue weighted by Crippen LogP contribution is 2.22. The van der Waals surface area contributed by atoms with Crippen LogP contribution in [0.25, 0.3) is 0 Å². The lowest BCUT2D eigenvalue weighted by atomic mass is 10.2. The molecule has 1 aliphatic rings. The Bertz CT molecular complexity index is 461. The third-order valence-electron chi connectivity index (χ3n) is 3.43. The highest BCUT2D eigenvalue weighted by molar-refractivity contribution is 5.90. The van der Waals surface area contributed by atoms with Gasteiger partial charge in [0, 0.05) is 19.8 Å². The van der Waals surface area contributed by atoms with Crippen molar-refractivity contribution in [3.05, 3.63) is 24.3 Å². The minimum atomic E-state index is -0.247. The first-order chi connectivity index (χ1) is 10.8. The average molecular weight is 308 g/mol. The second-order valence-corrected chi connectivity index (χ2v) is 5.14. The molecule has 6 heteroatoms. The number of hydrogen-bond donors (Lipinski definition) is 2. The van der Waals surface area contributed by atoms with Gasteiger partial charge in [0.05, 0.1) is 25.5 Å². The highest BCUT2D eigenvalue weighted by Gasteiger charge is 2.14. The number of anilines is 1. The zero-order chi connectivity index (χ0) is 15.6. The largest absolute Gasteiger partial charge is 0.495 e. The fourth-order valence-electron chi connectivity index (χ4n) is 2.28. The van der Waals surface area contributed by atoms with Crippen LogP contribution in [0.5, 0.6) is 5.75 Å². The van der Waals surface area contributed by atoms with E-state index in [0.29, 0.717) is 31.2 Å². The van der Waals surface area contributed by atoms with E-state index in [1.807, 2.05) is 12.1 Å². The van der Waals surface area contributed by atoms with Crippen LogP contribution >= 0.6 is 0 Å². The first-order valence-electron chi connectivity index (χ1n) is 7.67. The number of rotatable bonds is 8. The minimum absolute atomic E-state index is 0.247. The maximum Gasteiger partial charge on any atom is 0.319 e. The van der Waals surface area contributed by atoms with Crippen molar-refractivity contribution in [2.24, 2.45) is 0 Å². The van der Waals surface area contributed by atoms with E-state index in [4.69, 9.17) is 14.2 Å². The van der Waals surface area contributed by atoms with E-state index in [-0.39, 0.29) is 12.1 Å². The number of methoxy groups -OCH3 is 1. The second-order valence-electron chi connectivity index (χ2n) is 5.14. The van der Waals surface area contributed by atoms with Gasteiger partial charge >= 0.3 is 6.03 Å². The summed E-state index contributed by atoms with van der Waals surface area (Å²) in [5.41, 5.74) is 0.650. The quantitative estimate of drug-likeness (QED) is 0.724. The zero-order valence-corrected chi connectivity index (χ0v) is 13.0. The van der Waals surface area contributed by atoms with Gasteiger partial charge in [0.1, 0.15) is 5.75 Å². The molecule has 1 saturated heterocycles. The number of urea groups is 1. The lowest BCUT2D eigenvalue weighted by molar-refractivity contribution is 0.0168. The maximum atomic E-state index is 11.8. The van der Waals surface area contributed by atoms with Crippen molar-refractivity contribution in [1.29, 1.82) is 0 Å². The van der Waals surface area contributed by atoms with Crippen LogP contribution < -0.4 is 15.4 Å². The molecule has 0 spiro atoms. The Morgan fingerprint density at radius 3 is 3.05 bits per heavy atom. The van der Waals surface area contributed by atoms with Crippen molar-refractivity contribution in [1.82, 2.24) is 5.32 Å². The number of amides is 2. The Kier molecular flexibility index (Phi) is 6.99. The summed E-state index contributed by atoms with van der Waals surface area (Å²) in [5.74, 6) is 0.637. The summed E-state index contributed by atoms with van der Waals surface area (Å²) in [7, 11) is 1.57. The molecule has 2 N–H and O–H groups in total. The molecule has 0 aliphatic carbocycles. The molecule has 0 aromatic heterocycles. The fourth-order valence-corrected chi connectivity index (χ4v) is 2.28. The van der Waals surface area contributed by atoms with Gasteiger partial charge in [-0.2, -0.15) is 0 Å². The summed E-state index contributed by atoms with van der Waals surface area (Å²) in [4.78, 5) is 11.8. The van der Waals surface area contributed by atoms with Crippen LogP contribution in [0.4, 0.5) is 10.5 Å². The maximum absolute atomic E-state index is 11.8. The number of nitrogens with one attached hydrogen (secondary N) is 2. The highest BCUT2D eigenvalue weighted by atomic mass is 16.5. The van der Waals surface area contributed by atoms with E-state index in [1.54, 1.807) is 19.2 Å². The van der Waals surface area contributed by atoms with Crippen LogP contribution in [-0.4, -0.2) is 45.6 Å². The van der Waals surface area contributed by atoms with E-state index in [1.165, 1.54) is 0 Å². The summed E-state index contributed by atoms with van der Waals surface area (Å²) in [6.07, 6.45) is 3.23. The summed E-state index contributed by atoms with van der Waals surface area (Å²) in [6.45, 7) is 2.67. The third kappa shape index (κ3) is 5.54. The van der Waals surface area contributed by atoms with Crippen molar-refractivity contribution < 1.29 is 19.0 Å². The van der Waals surface area contributed by atoms with E-state index in [0.717, 1.165) is 25.9 Å². The van der Waals surface area contributed by atoms with Crippen molar-refractivity contribution in [3.8, 4) is 5.75 Å². The monoisotopic (exact) mass is 308 g/mol. The van der Waals surface area contributed by atoms with Gasteiger partial charge in [0.25, 0.3) is 0 Å². The van der Waals surface area contributed by atoms with Crippen LogP contribution in [0.1, 0.15) is 19.3 Å². The number of para-hydroxylation sites is 2. The zero-order valence-electron chi connectivity index (χ0n) is 13.0. The molecule has 1 aliphatic heterocycles. The first kappa shape index (κ1) is 16.6. The molecule has 1 aromatic rings. The van der Waals surface area contributed by atoms with Gasteiger partial charge in [-0.3, -0.25) is 0 Å². The summed E-state index contributed by atoms with van der Waals surface area (Å²) in [6, 6.07) is 7.05. The number of benzene rings is 1. The molecule has 0 saturated carbocycles. The first-order valence-corrected chi connectivity index (χ1v) is 7.67. The Morgan fingerprint density at radius 2 is 2.27 bits per heavy atom. The Hall–Kier alpha value is -1.79. The lowest BCUT2D eigenvalue weighted by Gasteiger charge is -2.12. The van der Waals surface area contributed by atoms with Gasteiger partial charge < -0.3 is 24.8 Å². The van der Waals surface area contributed by atoms with E-state index >= 15 is 0 Å². The van der Waals surface area contributed by atoms with Crippen LogP contribution in [0.15, 0.2) is 24.3 Å². The number of carbonyl (C=O) groups is 1. The molecule has 1 fully saturated rings. The number of carbonyl (C=O) groups excluding carboxylic acids is 1. The molecule has 2 rings (SSSR count). The van der Waals surface area contributed by atoms with Gasteiger partial charge in [-0.05, 0) is 31.4 Å². The molecule has 2 amide bonds. The number of hydrogen-bond acceptors (Lipinski definition) is 4. The third-order valence-corrected chi connectivity index (χ3v) is 3.43. The van der Waals surface area contributed by atoms with E-state index in [2.05, 4.69) is 10.6 Å². The Labute approximate surface area is 131 Å². The molecule has 22 heavy (non-hydrogen) atoms. The standard InChI is InChI=1S/C16H24N2O4/c1-20-15-8-3-2-7-14(15)18-16(19)17-9-5-10-21-12-13-6-4-11-22-13/h2-3,7-8,13H,4-6,9-12H2,1H3,(H2,17,18,19)/t13-/m0/s1. The molecule has 1 atom stereocenters. The van der Waals surface area contributed by atoms with Crippen LogP contribution in [0.2, 0.25) is 0 Å². The second kappa shape index (κ2) is 9.27. The predicted molar refractivity (Wildman–Crippen MR) is 84.4 cm³/mol. The molecule has 122 valence electrons. The van der Waals surface area contributed by atoms with Crippen molar-refractivity contribution in [2.75, 3.05) is 38.8 Å². The molecule has 1 aromatic carbocycles. The van der Waals surface area contributed by atoms with Crippen LogP contribution in [0.3, 0.4) is 0 Å². The molecule has 0 unspecified atom stereocenters. The Balaban J connectivity index is 1.55. The lowest BCUT2D eigenvalue weighted by Crippen LogP contribution is -2.30. The molecule has 0 bridgehead atoms.